The fourth-order valence-corrected chi connectivity index (χ4v) is 9.07. The topological polar surface area (TPSA) is 48.5 Å². The summed E-state index contributed by atoms with van der Waals surface area (Å²) in [5.74, 6) is 1.89. The lowest BCUT2D eigenvalue weighted by molar-refractivity contribution is 1.07. The summed E-state index contributed by atoms with van der Waals surface area (Å²) in [6, 6.07) is 79.4. The number of hydrogen-bond acceptors (Lipinski definition) is 3. The highest BCUT2D eigenvalue weighted by Crippen LogP contribution is 2.42. The van der Waals surface area contributed by atoms with E-state index in [2.05, 4.69) is 173 Å². The summed E-state index contributed by atoms with van der Waals surface area (Å²) in [7, 11) is 0. The molecule has 0 saturated carbocycles. The third kappa shape index (κ3) is 5.98. The molecule has 0 radical (unpaired) electrons. The van der Waals surface area contributed by atoms with Crippen LogP contribution in [0.25, 0.3) is 111 Å². The van der Waals surface area contributed by atoms with Gasteiger partial charge >= 0.3 is 0 Å². The minimum Gasteiger partial charge on any atom is -0.307 e. The molecule has 5 heteroatoms. The van der Waals surface area contributed by atoms with E-state index in [0.717, 1.165) is 50.1 Å². The van der Waals surface area contributed by atoms with Crippen molar-refractivity contribution in [1.29, 1.82) is 0 Å². The Morgan fingerprint density at radius 1 is 0.242 bits per heavy atom. The molecular formula is C57H37N5. The van der Waals surface area contributed by atoms with E-state index >= 15 is 0 Å². The van der Waals surface area contributed by atoms with E-state index in [4.69, 9.17) is 15.0 Å². The second-order valence-electron chi connectivity index (χ2n) is 15.6. The van der Waals surface area contributed by atoms with Crippen molar-refractivity contribution in [3.05, 3.63) is 224 Å². The zero-order valence-corrected chi connectivity index (χ0v) is 33.6. The Bertz CT molecular complexity index is 3550. The highest BCUT2D eigenvalue weighted by atomic mass is 15.1. The molecule has 0 unspecified atom stereocenters. The molecule has 3 heterocycles. The third-order valence-electron chi connectivity index (χ3n) is 12.0. The fourth-order valence-electron chi connectivity index (χ4n) is 9.07. The van der Waals surface area contributed by atoms with E-state index in [9.17, 15) is 0 Å². The van der Waals surface area contributed by atoms with Gasteiger partial charge in [0.15, 0.2) is 17.5 Å². The molecule has 12 rings (SSSR count). The first kappa shape index (κ1) is 35.5. The summed E-state index contributed by atoms with van der Waals surface area (Å²) >= 11 is 0. The molecule has 0 aliphatic rings. The van der Waals surface area contributed by atoms with E-state index < -0.39 is 0 Å². The molecular weight excluding hydrogens is 755 g/mol. The van der Waals surface area contributed by atoms with E-state index in [1.807, 2.05) is 60.7 Å². The molecule has 3 aromatic heterocycles. The smallest absolute Gasteiger partial charge is 0.164 e. The van der Waals surface area contributed by atoms with Gasteiger partial charge < -0.3 is 9.13 Å². The maximum atomic E-state index is 5.09. The number of fused-ring (bicyclic) bond motifs is 7. The van der Waals surface area contributed by atoms with Gasteiger partial charge in [-0.25, -0.2) is 15.0 Å². The summed E-state index contributed by atoms with van der Waals surface area (Å²) in [6.45, 7) is 0. The highest BCUT2D eigenvalue weighted by molar-refractivity contribution is 6.23. The maximum absolute atomic E-state index is 5.09. The number of para-hydroxylation sites is 2. The van der Waals surface area contributed by atoms with Crippen LogP contribution in [-0.4, -0.2) is 24.1 Å². The van der Waals surface area contributed by atoms with Crippen molar-refractivity contribution in [2.24, 2.45) is 0 Å². The monoisotopic (exact) mass is 791 g/mol. The van der Waals surface area contributed by atoms with E-state index in [1.165, 1.54) is 43.8 Å². The average Bonchev–Trinajstić information content (AvgIpc) is 3.88. The van der Waals surface area contributed by atoms with Crippen molar-refractivity contribution in [3.8, 4) is 67.8 Å². The van der Waals surface area contributed by atoms with Crippen molar-refractivity contribution in [2.45, 2.75) is 0 Å². The van der Waals surface area contributed by atoms with Gasteiger partial charge in [-0.2, -0.15) is 0 Å². The SMILES string of the molecule is c1ccc(-c2cccc(-c3ccc(-n4c5ccccc5c5ccc6c7ccccc7n(-c7cccc(-c8nc(-c9ccccc9)nc(-c9ccccc9)n8)c7)c6c54)cc3)c2)cc1. The molecule has 0 bridgehead atoms. The van der Waals surface area contributed by atoms with Gasteiger partial charge in [0.25, 0.3) is 0 Å². The molecule has 0 N–H and O–H groups in total. The number of rotatable bonds is 7. The molecule has 5 nitrogen and oxygen atoms in total. The summed E-state index contributed by atoms with van der Waals surface area (Å²) in [5.41, 5.74) is 14.3. The van der Waals surface area contributed by atoms with Crippen LogP contribution in [0.3, 0.4) is 0 Å². The van der Waals surface area contributed by atoms with E-state index in [0.29, 0.717) is 17.5 Å². The van der Waals surface area contributed by atoms with Gasteiger partial charge in [0, 0.05) is 49.6 Å². The number of benzene rings is 9. The first-order valence-electron chi connectivity index (χ1n) is 20.9. The van der Waals surface area contributed by atoms with Gasteiger partial charge in [0.1, 0.15) is 0 Å². The predicted molar refractivity (Wildman–Crippen MR) is 256 cm³/mol. The predicted octanol–water partition coefficient (Wildman–Crippen LogP) is 14.4. The van der Waals surface area contributed by atoms with Gasteiger partial charge in [-0.15, -0.1) is 0 Å². The lowest BCUT2D eigenvalue weighted by atomic mass is 9.99. The molecule has 0 atom stereocenters. The summed E-state index contributed by atoms with van der Waals surface area (Å²) in [4.78, 5) is 15.1. The average molecular weight is 792 g/mol. The van der Waals surface area contributed by atoms with Gasteiger partial charge in [-0.1, -0.05) is 182 Å². The molecule has 290 valence electrons. The second-order valence-corrected chi connectivity index (χ2v) is 15.6. The first-order valence-corrected chi connectivity index (χ1v) is 20.9. The number of aromatic nitrogens is 5. The lowest BCUT2D eigenvalue weighted by Gasteiger charge is -2.14. The normalized spacial score (nSPS) is 11.5. The molecule has 9 aromatic carbocycles. The van der Waals surface area contributed by atoms with Crippen LogP contribution in [-0.2, 0) is 0 Å². The molecule has 0 aliphatic carbocycles. The third-order valence-corrected chi connectivity index (χ3v) is 12.0. The minimum atomic E-state index is 0.619. The van der Waals surface area contributed by atoms with Gasteiger partial charge in [-0.05, 0) is 64.7 Å². The van der Waals surface area contributed by atoms with Crippen LogP contribution in [0.1, 0.15) is 0 Å². The molecule has 0 aliphatic heterocycles. The second kappa shape index (κ2) is 14.7. The fraction of sp³-hybridized carbons (Fsp3) is 0. The standard InChI is InChI=1S/C57H37N5/c1-4-16-38(17-5-1)42-22-14-23-43(36-42)39-30-32-45(33-31-39)61-51-28-12-10-26-47(51)49-34-35-50-48-27-11-13-29-52(48)62(54(50)53(49)61)46-25-15-24-44(37-46)57-59-55(40-18-6-2-7-19-40)58-56(60-57)41-20-8-3-9-21-41/h1-37H. The van der Waals surface area contributed by atoms with Crippen LogP contribution in [0.5, 0.6) is 0 Å². The van der Waals surface area contributed by atoms with Crippen LogP contribution in [0.15, 0.2) is 224 Å². The van der Waals surface area contributed by atoms with Crippen LogP contribution in [0.2, 0.25) is 0 Å². The lowest BCUT2D eigenvalue weighted by Crippen LogP contribution is -2.01. The molecule has 0 saturated heterocycles. The van der Waals surface area contributed by atoms with Crippen LogP contribution < -0.4 is 0 Å². The summed E-state index contributed by atoms with van der Waals surface area (Å²) in [5, 5.41) is 4.79. The Kier molecular flexibility index (Phi) is 8.42. The minimum absolute atomic E-state index is 0.619. The molecule has 0 amide bonds. The zero-order chi connectivity index (χ0) is 41.0. The van der Waals surface area contributed by atoms with Crippen molar-refractivity contribution in [2.75, 3.05) is 0 Å². The molecule has 62 heavy (non-hydrogen) atoms. The number of hydrogen-bond donors (Lipinski definition) is 0. The van der Waals surface area contributed by atoms with Crippen LogP contribution in [0, 0.1) is 0 Å². The Labute approximate surface area is 358 Å². The molecule has 12 aromatic rings. The Balaban J connectivity index is 1.06. The molecule has 0 fully saturated rings. The number of nitrogens with zero attached hydrogens (tertiary/aromatic N) is 5. The van der Waals surface area contributed by atoms with Crippen molar-refractivity contribution < 1.29 is 0 Å². The van der Waals surface area contributed by atoms with Crippen molar-refractivity contribution in [3.63, 3.8) is 0 Å². The van der Waals surface area contributed by atoms with E-state index in [-0.39, 0.29) is 0 Å². The van der Waals surface area contributed by atoms with Gasteiger partial charge in [0.05, 0.1) is 22.1 Å². The Morgan fingerprint density at radius 3 is 1.19 bits per heavy atom. The summed E-state index contributed by atoms with van der Waals surface area (Å²) < 4.78 is 4.87. The first-order chi connectivity index (χ1) is 30.7. The summed E-state index contributed by atoms with van der Waals surface area (Å²) in [6.07, 6.45) is 0. The van der Waals surface area contributed by atoms with Crippen molar-refractivity contribution >= 4 is 43.6 Å². The molecule has 0 spiro atoms. The van der Waals surface area contributed by atoms with Crippen LogP contribution >= 0.6 is 0 Å². The Morgan fingerprint density at radius 2 is 0.645 bits per heavy atom. The van der Waals surface area contributed by atoms with Gasteiger partial charge in [-0.3, -0.25) is 0 Å². The van der Waals surface area contributed by atoms with Gasteiger partial charge in [0.2, 0.25) is 0 Å². The van der Waals surface area contributed by atoms with Crippen molar-refractivity contribution in [1.82, 2.24) is 24.1 Å². The quantitative estimate of drug-likeness (QED) is 0.162. The zero-order valence-electron chi connectivity index (χ0n) is 33.6. The van der Waals surface area contributed by atoms with Crippen LogP contribution in [0.4, 0.5) is 0 Å². The highest BCUT2D eigenvalue weighted by Gasteiger charge is 2.22. The Hall–Kier alpha value is -8.41. The van der Waals surface area contributed by atoms with E-state index in [1.54, 1.807) is 0 Å². The maximum Gasteiger partial charge on any atom is 0.164 e. The largest absolute Gasteiger partial charge is 0.307 e.